The van der Waals surface area contributed by atoms with Crippen molar-refractivity contribution in [2.24, 2.45) is 5.73 Å². The van der Waals surface area contributed by atoms with Crippen LogP contribution in [0.2, 0.25) is 0 Å². The Morgan fingerprint density at radius 3 is 2.73 bits per heavy atom. The molecule has 3 heteroatoms. The Morgan fingerprint density at radius 2 is 2.07 bits per heavy atom. The fourth-order valence-electron chi connectivity index (χ4n) is 2.17. The largest absolute Gasteiger partial charge is 0.508 e. The number of nitrogens with two attached hydrogens (primary N) is 1. The molecule has 1 aromatic carbocycles. The van der Waals surface area contributed by atoms with Gasteiger partial charge in [-0.2, -0.15) is 0 Å². The quantitative estimate of drug-likeness (QED) is 0.721. The highest BCUT2D eigenvalue weighted by Gasteiger charge is 2.30. The average molecular weight is 205 g/mol. The van der Waals surface area contributed by atoms with E-state index in [0.29, 0.717) is 12.3 Å². The zero-order valence-electron chi connectivity index (χ0n) is 9.20. The number of rotatable bonds is 2. The third-order valence-electron chi connectivity index (χ3n) is 2.84. The van der Waals surface area contributed by atoms with Crippen molar-refractivity contribution in [3.05, 3.63) is 30.0 Å². The lowest BCUT2D eigenvalue weighted by atomic mass is 10.0. The normalized spacial score (nSPS) is 17.4. The molecule has 0 radical (unpaired) electrons. The fourth-order valence-corrected chi connectivity index (χ4v) is 2.17. The predicted octanol–water partition coefficient (Wildman–Crippen LogP) is 1.66. The smallest absolute Gasteiger partial charge is 0.145 e. The molecule has 2 rings (SSSR count). The van der Waals surface area contributed by atoms with Crippen LogP contribution in [0.3, 0.4) is 0 Å². The van der Waals surface area contributed by atoms with Crippen molar-refractivity contribution in [3.63, 3.8) is 0 Å². The molecule has 1 aromatic rings. The molecule has 0 amide bonds. The van der Waals surface area contributed by atoms with Gasteiger partial charge in [0.05, 0.1) is 14.1 Å². The molecule has 3 N–H and O–H groups in total. The third-order valence-corrected chi connectivity index (χ3v) is 2.84. The van der Waals surface area contributed by atoms with Gasteiger partial charge in [0.15, 0.2) is 0 Å². The summed E-state index contributed by atoms with van der Waals surface area (Å²) in [6, 6.07) is 5.53. The maximum atomic E-state index is 9.49. The lowest BCUT2D eigenvalue weighted by Crippen LogP contribution is -2.31. The van der Waals surface area contributed by atoms with Crippen LogP contribution in [0.4, 0.5) is 5.69 Å². The first-order valence-electron chi connectivity index (χ1n) is 5.14. The molecule has 0 saturated carbocycles. The first kappa shape index (κ1) is 10.2. The van der Waals surface area contributed by atoms with Gasteiger partial charge in [-0.15, -0.1) is 0 Å². The Hall–Kier alpha value is -1.32. The first-order chi connectivity index (χ1) is 7.04. The van der Waals surface area contributed by atoms with Crippen molar-refractivity contribution in [2.45, 2.75) is 6.42 Å². The summed E-state index contributed by atoms with van der Waals surface area (Å²) in [5, 5.41) is 9.49. The number of hydrogen-bond donors (Lipinski definition) is 2. The van der Waals surface area contributed by atoms with Crippen LogP contribution >= 0.6 is 0 Å². The van der Waals surface area contributed by atoms with Crippen LogP contribution in [-0.2, 0) is 0 Å². The van der Waals surface area contributed by atoms with Crippen LogP contribution in [0.1, 0.15) is 12.0 Å². The average Bonchev–Trinajstić information content (AvgIpc) is 2.39. The van der Waals surface area contributed by atoms with Gasteiger partial charge in [-0.1, -0.05) is 0 Å². The highest BCUT2D eigenvalue weighted by Crippen LogP contribution is 2.40. The molecule has 0 saturated heterocycles. The van der Waals surface area contributed by atoms with Crippen molar-refractivity contribution in [2.75, 3.05) is 20.6 Å². The Labute approximate surface area is 90.0 Å². The van der Waals surface area contributed by atoms with E-state index in [1.807, 2.05) is 12.1 Å². The van der Waals surface area contributed by atoms with Gasteiger partial charge in [0.2, 0.25) is 0 Å². The summed E-state index contributed by atoms with van der Waals surface area (Å²) in [6.07, 6.45) is 3.05. The molecule has 0 bridgehead atoms. The summed E-state index contributed by atoms with van der Waals surface area (Å²) >= 11 is 0. The topological polar surface area (TPSA) is 46.2 Å². The highest BCUT2D eigenvalue weighted by molar-refractivity contribution is 5.83. The number of phenols is 1. The van der Waals surface area contributed by atoms with E-state index in [1.165, 1.54) is 11.3 Å². The lowest BCUT2D eigenvalue weighted by Gasteiger charge is -2.20. The molecule has 3 nitrogen and oxygen atoms in total. The number of benzene rings is 1. The number of quaternary nitrogens is 1. The van der Waals surface area contributed by atoms with Crippen molar-refractivity contribution in [3.8, 4) is 5.75 Å². The molecular weight excluding hydrogens is 188 g/mol. The lowest BCUT2D eigenvalue weighted by molar-refractivity contribution is 0.474. The SMILES string of the molecule is C[N+]1(C)C=C(CCN)c2cc(O)ccc21. The van der Waals surface area contributed by atoms with E-state index in [2.05, 4.69) is 20.3 Å². The van der Waals surface area contributed by atoms with Crippen LogP contribution in [0.15, 0.2) is 24.4 Å². The molecular formula is C12H17N2O+. The van der Waals surface area contributed by atoms with Gasteiger partial charge in [-0.25, -0.2) is 0 Å². The second-order valence-electron chi connectivity index (χ2n) is 4.43. The van der Waals surface area contributed by atoms with Gasteiger partial charge in [0.25, 0.3) is 0 Å². The van der Waals surface area contributed by atoms with Crippen molar-refractivity contribution < 1.29 is 5.11 Å². The third kappa shape index (κ3) is 1.64. The second-order valence-corrected chi connectivity index (χ2v) is 4.43. The van der Waals surface area contributed by atoms with E-state index in [9.17, 15) is 5.11 Å². The van der Waals surface area contributed by atoms with Crippen LogP contribution < -0.4 is 10.2 Å². The maximum Gasteiger partial charge on any atom is 0.145 e. The molecule has 80 valence electrons. The van der Waals surface area contributed by atoms with Crippen molar-refractivity contribution in [1.29, 1.82) is 0 Å². The highest BCUT2D eigenvalue weighted by atomic mass is 16.3. The number of nitrogens with zero attached hydrogens (tertiary/aromatic N) is 1. The zero-order chi connectivity index (χ0) is 11.1. The molecule has 0 unspecified atom stereocenters. The molecule has 15 heavy (non-hydrogen) atoms. The van der Waals surface area contributed by atoms with Crippen LogP contribution in [0.5, 0.6) is 5.75 Å². The Morgan fingerprint density at radius 1 is 1.33 bits per heavy atom. The monoisotopic (exact) mass is 205 g/mol. The Balaban J connectivity index is 2.53. The van der Waals surface area contributed by atoms with E-state index in [4.69, 9.17) is 5.73 Å². The van der Waals surface area contributed by atoms with Gasteiger partial charge in [-0.3, -0.25) is 4.48 Å². The molecule has 1 heterocycles. The van der Waals surface area contributed by atoms with Gasteiger partial charge in [-0.05, 0) is 25.1 Å². The molecule has 1 aliphatic heterocycles. The van der Waals surface area contributed by atoms with Gasteiger partial charge < -0.3 is 10.8 Å². The van der Waals surface area contributed by atoms with Crippen LogP contribution in [0, 0.1) is 0 Å². The summed E-state index contributed by atoms with van der Waals surface area (Å²) in [6.45, 7) is 0.640. The van der Waals surface area contributed by atoms with E-state index in [-0.39, 0.29) is 0 Å². The molecule has 0 aromatic heterocycles. The molecule has 1 aliphatic rings. The van der Waals surface area contributed by atoms with Crippen molar-refractivity contribution >= 4 is 11.3 Å². The summed E-state index contributed by atoms with van der Waals surface area (Å²) in [4.78, 5) is 0. The standard InChI is InChI=1S/C12H16N2O/c1-14(2)8-9(5-6-13)11-7-10(15)3-4-12(11)14/h3-4,7-8H,5-6,13H2,1-2H3/p+1. The maximum absolute atomic E-state index is 9.49. The number of phenolic OH excluding ortho intramolecular Hbond substituents is 1. The zero-order valence-corrected chi connectivity index (χ0v) is 9.20. The minimum Gasteiger partial charge on any atom is -0.508 e. The molecule has 0 aliphatic carbocycles. The second kappa shape index (κ2) is 3.36. The van der Waals surface area contributed by atoms with E-state index in [1.54, 1.807) is 6.07 Å². The first-order valence-corrected chi connectivity index (χ1v) is 5.14. The summed E-state index contributed by atoms with van der Waals surface area (Å²) in [7, 11) is 4.25. The van der Waals surface area contributed by atoms with Crippen LogP contribution in [-0.4, -0.2) is 25.7 Å². The van der Waals surface area contributed by atoms with Gasteiger partial charge in [0, 0.05) is 17.2 Å². The minimum atomic E-state index is 0.318. The summed E-state index contributed by atoms with van der Waals surface area (Å²) < 4.78 is 0.727. The van der Waals surface area contributed by atoms with Crippen molar-refractivity contribution in [1.82, 2.24) is 4.48 Å². The summed E-state index contributed by atoms with van der Waals surface area (Å²) in [5.74, 6) is 0.318. The van der Waals surface area contributed by atoms with Gasteiger partial charge >= 0.3 is 0 Å². The predicted molar refractivity (Wildman–Crippen MR) is 63.4 cm³/mol. The van der Waals surface area contributed by atoms with E-state index >= 15 is 0 Å². The van der Waals surface area contributed by atoms with E-state index < -0.39 is 0 Å². The Kier molecular flexibility index (Phi) is 2.29. The van der Waals surface area contributed by atoms with Crippen LogP contribution in [0.25, 0.3) is 5.57 Å². The van der Waals surface area contributed by atoms with Gasteiger partial charge in [0.1, 0.15) is 17.6 Å². The number of fused-ring (bicyclic) bond motifs is 1. The summed E-state index contributed by atoms with van der Waals surface area (Å²) in [5.41, 5.74) is 9.16. The molecule has 0 atom stereocenters. The Bertz CT molecular complexity index is 422. The number of aromatic hydroxyl groups is 1. The molecule has 0 spiro atoms. The van der Waals surface area contributed by atoms with E-state index in [0.717, 1.165) is 16.5 Å². The number of hydrogen-bond acceptors (Lipinski definition) is 2. The minimum absolute atomic E-state index is 0.318. The molecule has 0 fully saturated rings. The fraction of sp³-hybridized carbons (Fsp3) is 0.333.